The lowest BCUT2D eigenvalue weighted by atomic mass is 9.82. The Kier molecular flexibility index (Phi) is 12.5. The normalized spacial score (nSPS) is 19.9. The summed E-state index contributed by atoms with van der Waals surface area (Å²) in [5.41, 5.74) is 6.71. The van der Waals surface area contributed by atoms with Gasteiger partial charge in [-0.05, 0) is 103 Å². The second kappa shape index (κ2) is 18.3. The van der Waals surface area contributed by atoms with E-state index in [1.54, 1.807) is 11.1 Å². The molecule has 2 N–H and O–H groups in total. The number of carbonyl (C=O) groups excluding carboxylic acids is 4. The molecule has 3 amide bonds. The van der Waals surface area contributed by atoms with E-state index >= 15 is 0 Å². The van der Waals surface area contributed by atoms with Crippen LogP contribution in [0.1, 0.15) is 87.3 Å². The summed E-state index contributed by atoms with van der Waals surface area (Å²) in [6, 6.07) is 17.5. The van der Waals surface area contributed by atoms with Crippen LogP contribution in [0.25, 0.3) is 22.0 Å². The molecule has 5 heterocycles. The van der Waals surface area contributed by atoms with Crippen LogP contribution < -0.4 is 5.32 Å². The highest BCUT2D eigenvalue weighted by Gasteiger charge is 2.41. The molecule has 0 saturated carbocycles. The van der Waals surface area contributed by atoms with Gasteiger partial charge in [0, 0.05) is 49.6 Å². The summed E-state index contributed by atoms with van der Waals surface area (Å²) in [6.45, 7) is 6.27. The minimum Gasteiger partial charge on any atom is -0.469 e. The fourth-order valence-corrected chi connectivity index (χ4v) is 9.47. The number of hydrogen-bond acceptors (Lipinski definition) is 9. The van der Waals surface area contributed by atoms with Gasteiger partial charge in [0.1, 0.15) is 11.9 Å². The standard InChI is InChI=1S/C48H54N6O7/c1-29(2)44(52-48(58)60-4)47(57)54-22-6-8-42(54)45-49-28-40(51-45)33-14-11-30(12-15-33)9-10-31-13-17-35-34(25-31)16-18-38-37(35)26-39(50-38)41-7-5-21-53(41)46(56)36(27-43(55)59-3)32-19-23-61-24-20-32/h11-18,25,28-29,32,36,41-42,44H,5-8,19-24,26-27H2,1-4H3,(H,49,51)(H,52,58)/t36-,41-,42-,44+/m0/s1. The number of nitrogens with zero attached hydrogens (tertiary/aromatic N) is 4. The van der Waals surface area contributed by atoms with Gasteiger partial charge in [0.25, 0.3) is 0 Å². The quantitative estimate of drug-likeness (QED) is 0.129. The molecule has 3 fully saturated rings. The Balaban J connectivity index is 0.920. The number of rotatable bonds is 10. The van der Waals surface area contributed by atoms with E-state index in [-0.39, 0.29) is 48.1 Å². The number of aromatic nitrogens is 2. The number of hydrogen-bond donors (Lipinski definition) is 2. The summed E-state index contributed by atoms with van der Waals surface area (Å²) < 4.78 is 15.3. The highest BCUT2D eigenvalue weighted by molar-refractivity contribution is 6.05. The Morgan fingerprint density at radius 2 is 1.57 bits per heavy atom. The van der Waals surface area contributed by atoms with Gasteiger partial charge >= 0.3 is 12.1 Å². The monoisotopic (exact) mass is 826 g/mol. The van der Waals surface area contributed by atoms with Crippen LogP contribution in [0.5, 0.6) is 0 Å². The van der Waals surface area contributed by atoms with E-state index in [9.17, 15) is 19.2 Å². The third-order valence-corrected chi connectivity index (χ3v) is 12.8. The predicted molar refractivity (Wildman–Crippen MR) is 231 cm³/mol. The maximum atomic E-state index is 14.2. The number of ether oxygens (including phenoxy) is 3. The molecule has 3 saturated heterocycles. The molecule has 0 radical (unpaired) electrons. The molecule has 318 valence electrons. The molecular weight excluding hydrogens is 773 g/mol. The van der Waals surface area contributed by atoms with Crippen LogP contribution >= 0.6 is 0 Å². The van der Waals surface area contributed by atoms with Crippen molar-refractivity contribution in [2.75, 3.05) is 40.5 Å². The number of nitrogens with one attached hydrogen (secondary N) is 2. The molecule has 0 unspecified atom stereocenters. The third-order valence-electron chi connectivity index (χ3n) is 12.8. The van der Waals surface area contributed by atoms with E-state index in [0.29, 0.717) is 32.7 Å². The van der Waals surface area contributed by atoms with Crippen LogP contribution in [0.15, 0.2) is 65.8 Å². The minimum atomic E-state index is -0.689. The number of alkyl carbamates (subject to hydrolysis) is 1. The van der Waals surface area contributed by atoms with E-state index in [4.69, 9.17) is 19.2 Å². The van der Waals surface area contributed by atoms with Gasteiger partial charge in [0.2, 0.25) is 11.8 Å². The molecule has 13 nitrogen and oxygen atoms in total. The van der Waals surface area contributed by atoms with E-state index in [0.717, 1.165) is 88.9 Å². The van der Waals surface area contributed by atoms with E-state index in [1.807, 2.05) is 43.0 Å². The Labute approximate surface area is 356 Å². The number of amides is 3. The van der Waals surface area contributed by atoms with Gasteiger partial charge < -0.3 is 34.3 Å². The fraction of sp³-hybridized carbons (Fsp3) is 0.458. The molecule has 0 bridgehead atoms. The summed E-state index contributed by atoms with van der Waals surface area (Å²) in [6.07, 6.45) is 6.87. The number of esters is 1. The minimum absolute atomic E-state index is 0.0328. The Bertz CT molecular complexity index is 2390. The molecule has 4 atom stereocenters. The summed E-state index contributed by atoms with van der Waals surface area (Å²) >= 11 is 0. The van der Waals surface area contributed by atoms with Crippen LogP contribution in [0, 0.1) is 29.6 Å². The zero-order chi connectivity index (χ0) is 42.6. The second-order valence-corrected chi connectivity index (χ2v) is 16.9. The number of methoxy groups -OCH3 is 2. The number of benzene rings is 3. The molecule has 13 heteroatoms. The van der Waals surface area contributed by atoms with Gasteiger partial charge in [-0.25, -0.2) is 9.78 Å². The van der Waals surface area contributed by atoms with Crippen molar-refractivity contribution >= 4 is 46.0 Å². The number of carbonyl (C=O) groups is 4. The number of likely N-dealkylation sites (tertiary alicyclic amines) is 2. The highest BCUT2D eigenvalue weighted by atomic mass is 16.5. The average Bonchev–Trinajstić information content (AvgIpc) is 4.13. The van der Waals surface area contributed by atoms with Gasteiger partial charge in [0.15, 0.2) is 0 Å². The molecule has 4 aliphatic rings. The smallest absolute Gasteiger partial charge is 0.407 e. The van der Waals surface area contributed by atoms with Crippen LogP contribution in [-0.4, -0.2) is 102 Å². The zero-order valence-corrected chi connectivity index (χ0v) is 35.4. The molecule has 61 heavy (non-hydrogen) atoms. The van der Waals surface area contributed by atoms with Crippen molar-refractivity contribution in [3.8, 4) is 23.1 Å². The predicted octanol–water partition coefficient (Wildman–Crippen LogP) is 6.90. The van der Waals surface area contributed by atoms with Crippen molar-refractivity contribution in [3.05, 3.63) is 83.3 Å². The van der Waals surface area contributed by atoms with Gasteiger partial charge in [-0.2, -0.15) is 0 Å². The van der Waals surface area contributed by atoms with Crippen molar-refractivity contribution in [1.29, 1.82) is 0 Å². The van der Waals surface area contributed by atoms with Crippen LogP contribution in [-0.2, 0) is 35.0 Å². The number of aliphatic imine (C=N–C) groups is 1. The van der Waals surface area contributed by atoms with Crippen LogP contribution in [0.4, 0.5) is 10.5 Å². The largest absolute Gasteiger partial charge is 0.469 e. The first-order valence-electron chi connectivity index (χ1n) is 21.5. The first kappa shape index (κ1) is 41.7. The Morgan fingerprint density at radius 1 is 0.869 bits per heavy atom. The second-order valence-electron chi connectivity index (χ2n) is 16.9. The Morgan fingerprint density at radius 3 is 2.30 bits per heavy atom. The van der Waals surface area contributed by atoms with Gasteiger partial charge in [0.05, 0.1) is 56.2 Å². The molecular formula is C48H54N6O7. The first-order valence-corrected chi connectivity index (χ1v) is 21.5. The lowest BCUT2D eigenvalue weighted by Crippen LogP contribution is -2.51. The molecule has 0 spiro atoms. The van der Waals surface area contributed by atoms with E-state index in [1.165, 1.54) is 19.8 Å². The van der Waals surface area contributed by atoms with Crippen LogP contribution in [0.3, 0.4) is 0 Å². The van der Waals surface area contributed by atoms with Gasteiger partial charge in [-0.1, -0.05) is 50.0 Å². The molecule has 0 aliphatic carbocycles. The van der Waals surface area contributed by atoms with Crippen molar-refractivity contribution < 1.29 is 33.4 Å². The number of aromatic amines is 1. The van der Waals surface area contributed by atoms with Gasteiger partial charge in [-0.3, -0.25) is 19.4 Å². The summed E-state index contributed by atoms with van der Waals surface area (Å²) in [5, 5.41) is 4.92. The van der Waals surface area contributed by atoms with Crippen LogP contribution in [0.2, 0.25) is 0 Å². The van der Waals surface area contributed by atoms with Crippen molar-refractivity contribution in [2.24, 2.45) is 22.7 Å². The summed E-state index contributed by atoms with van der Waals surface area (Å²) in [5.74, 6) is 6.49. The third kappa shape index (κ3) is 8.91. The summed E-state index contributed by atoms with van der Waals surface area (Å²) in [7, 11) is 2.67. The molecule has 4 aliphatic heterocycles. The van der Waals surface area contributed by atoms with Crippen molar-refractivity contribution in [3.63, 3.8) is 0 Å². The maximum absolute atomic E-state index is 14.2. The highest BCUT2D eigenvalue weighted by Crippen LogP contribution is 2.38. The average molecular weight is 827 g/mol. The SMILES string of the molecule is COC(=O)C[C@H](C(=O)N1CCC[C@H]1C1=Nc2ccc3cc(C#Cc4ccc(-c5cnc([C@@H]6CCCN6C(=O)[C@H](NC(=O)OC)C(C)C)[nH]5)cc4)ccc3c2C1)C1CCOCC1. The number of imidazole rings is 1. The van der Waals surface area contributed by atoms with Gasteiger partial charge in [-0.15, -0.1) is 0 Å². The lowest BCUT2D eigenvalue weighted by Gasteiger charge is -2.34. The topological polar surface area (TPSA) is 156 Å². The first-order chi connectivity index (χ1) is 29.6. The Hall–Kier alpha value is -6.00. The molecule has 8 rings (SSSR count). The molecule has 1 aromatic heterocycles. The molecule has 4 aromatic rings. The molecule has 3 aromatic carbocycles. The number of fused-ring (bicyclic) bond motifs is 3. The maximum Gasteiger partial charge on any atom is 0.407 e. The van der Waals surface area contributed by atoms with E-state index < -0.39 is 18.1 Å². The zero-order valence-electron chi connectivity index (χ0n) is 35.4. The fourth-order valence-electron chi connectivity index (χ4n) is 9.47. The van der Waals surface area contributed by atoms with Crippen molar-refractivity contribution in [2.45, 2.75) is 83.3 Å². The van der Waals surface area contributed by atoms with E-state index in [2.05, 4.69) is 57.5 Å². The number of H-pyrrole nitrogens is 1. The lowest BCUT2D eigenvalue weighted by molar-refractivity contribution is -0.149. The summed E-state index contributed by atoms with van der Waals surface area (Å²) in [4.78, 5) is 69.1. The van der Waals surface area contributed by atoms with Crippen molar-refractivity contribution in [1.82, 2.24) is 25.1 Å².